The minimum atomic E-state index is -1.19. The molecule has 2 aromatic carbocycles. The van der Waals surface area contributed by atoms with Crippen LogP contribution in [0.5, 0.6) is 5.75 Å². The van der Waals surface area contributed by atoms with Gasteiger partial charge >= 0.3 is 12.1 Å². The highest BCUT2D eigenvalue weighted by Gasteiger charge is 2.45. The number of furan rings is 1. The van der Waals surface area contributed by atoms with Crippen molar-refractivity contribution in [2.75, 3.05) is 25.6 Å². The van der Waals surface area contributed by atoms with E-state index in [0.29, 0.717) is 61.1 Å². The lowest BCUT2D eigenvalue weighted by Crippen LogP contribution is -2.49. The maximum atomic E-state index is 14.1. The lowest BCUT2D eigenvalue weighted by atomic mass is 9.78. The van der Waals surface area contributed by atoms with Crippen LogP contribution in [0.15, 0.2) is 52.9 Å². The number of hydrogen-bond acceptors (Lipinski definition) is 7. The van der Waals surface area contributed by atoms with E-state index in [1.807, 2.05) is 24.3 Å². The van der Waals surface area contributed by atoms with E-state index in [4.69, 9.17) is 13.9 Å². The highest BCUT2D eigenvalue weighted by Crippen LogP contribution is 2.39. The summed E-state index contributed by atoms with van der Waals surface area (Å²) in [7, 11) is 1.58. The van der Waals surface area contributed by atoms with Gasteiger partial charge in [-0.05, 0) is 101 Å². The number of nitrogens with one attached hydrogen (secondary N) is 2. The van der Waals surface area contributed by atoms with Crippen LogP contribution < -0.4 is 15.4 Å². The molecule has 3 atom stereocenters. The number of alkyl carbamates (subject to hydrolysis) is 1. The molecular weight excluding hydrogens is 609 g/mol. The van der Waals surface area contributed by atoms with Crippen molar-refractivity contribution in [1.82, 2.24) is 10.2 Å². The number of aromatic carboxylic acids is 1. The number of benzene rings is 2. The molecule has 1 aromatic heterocycles. The van der Waals surface area contributed by atoms with Crippen LogP contribution in [-0.2, 0) is 14.3 Å². The summed E-state index contributed by atoms with van der Waals surface area (Å²) < 4.78 is 30.0. The van der Waals surface area contributed by atoms with E-state index in [0.717, 1.165) is 5.56 Å². The molecule has 3 N–H and O–H groups in total. The Morgan fingerprint density at radius 2 is 1.72 bits per heavy atom. The molecule has 12 heteroatoms. The van der Waals surface area contributed by atoms with Gasteiger partial charge in [-0.25, -0.2) is 14.0 Å². The number of methoxy groups -OCH3 is 1. The van der Waals surface area contributed by atoms with Gasteiger partial charge in [-0.15, -0.1) is 0 Å². The van der Waals surface area contributed by atoms with Crippen molar-refractivity contribution in [3.63, 3.8) is 0 Å². The first-order valence-electron chi connectivity index (χ1n) is 15.9. The zero-order valence-electron chi connectivity index (χ0n) is 27.1. The summed E-state index contributed by atoms with van der Waals surface area (Å²) >= 11 is 0. The summed E-state index contributed by atoms with van der Waals surface area (Å²) in [6.45, 7) is 4.89. The number of nitrogens with zero attached hydrogens (tertiary/aromatic N) is 1. The fourth-order valence-electron chi connectivity index (χ4n) is 6.75. The predicted molar refractivity (Wildman–Crippen MR) is 172 cm³/mol. The van der Waals surface area contributed by atoms with Crippen molar-refractivity contribution in [2.45, 2.75) is 76.5 Å². The average Bonchev–Trinajstić information content (AvgIpc) is 3.68. The molecule has 0 spiro atoms. The summed E-state index contributed by atoms with van der Waals surface area (Å²) in [6, 6.07) is 12.2. The Morgan fingerprint density at radius 3 is 2.34 bits per heavy atom. The van der Waals surface area contributed by atoms with Gasteiger partial charge < -0.3 is 34.5 Å². The van der Waals surface area contributed by atoms with Gasteiger partial charge in [-0.3, -0.25) is 9.59 Å². The third-order valence-corrected chi connectivity index (χ3v) is 9.05. The van der Waals surface area contributed by atoms with Gasteiger partial charge in [-0.1, -0.05) is 12.1 Å². The molecule has 0 bridgehead atoms. The van der Waals surface area contributed by atoms with Crippen LogP contribution in [0, 0.1) is 11.8 Å². The maximum Gasteiger partial charge on any atom is 0.407 e. The van der Waals surface area contributed by atoms with Crippen molar-refractivity contribution in [2.24, 2.45) is 11.8 Å². The summed E-state index contributed by atoms with van der Waals surface area (Å²) in [6.07, 6.45) is 2.04. The van der Waals surface area contributed by atoms with Crippen LogP contribution in [0.4, 0.5) is 14.9 Å². The van der Waals surface area contributed by atoms with Crippen LogP contribution in [0.3, 0.4) is 0 Å². The number of carbonyl (C=O) groups is 4. The highest BCUT2D eigenvalue weighted by molar-refractivity contribution is 6.00. The lowest BCUT2D eigenvalue weighted by molar-refractivity contribution is -0.141. The predicted octanol–water partition coefficient (Wildman–Crippen LogP) is 6.13. The van der Waals surface area contributed by atoms with E-state index >= 15 is 0 Å². The maximum absolute atomic E-state index is 14.1. The zero-order valence-corrected chi connectivity index (χ0v) is 27.1. The molecule has 2 fully saturated rings. The number of hydrogen-bond donors (Lipinski definition) is 3. The standard InChI is InChI=1S/C35H42FN3O8/c1-35(2,3)47-34(44)38-27(19-36)21-5-7-22(8-6-21)32(41)39-16-15-26(20-9-12-25(45-4)13-10-20)30(39)31(40)37-24-11-14-28-23(17-24)18-29(46-28)33(42)43/h9-14,17-18,21-22,26-27,30H,5-8,15-16,19H2,1-4H3,(H,37,40)(H,38,44)(H,42,43)/t21?,22?,26-,27?,30-/m0/s1. The van der Waals surface area contributed by atoms with Crippen molar-refractivity contribution < 1.29 is 42.6 Å². The Bertz CT molecular complexity index is 1610. The largest absolute Gasteiger partial charge is 0.497 e. The number of carboxylic acid groups (broad SMARTS) is 1. The number of carboxylic acids is 1. The zero-order chi connectivity index (χ0) is 33.9. The fraction of sp³-hybridized carbons (Fsp3) is 0.486. The second kappa shape index (κ2) is 14.0. The van der Waals surface area contributed by atoms with Crippen LogP contribution >= 0.6 is 0 Å². The number of likely N-dealkylation sites (tertiary alicyclic amines) is 1. The van der Waals surface area contributed by atoms with E-state index in [1.54, 1.807) is 51.0 Å². The molecule has 1 aliphatic heterocycles. The molecule has 1 saturated heterocycles. The number of ether oxygens (including phenoxy) is 2. The monoisotopic (exact) mass is 651 g/mol. The fourth-order valence-corrected chi connectivity index (χ4v) is 6.75. The van der Waals surface area contributed by atoms with Crippen LogP contribution in [0.2, 0.25) is 0 Å². The summed E-state index contributed by atoms with van der Waals surface area (Å²) in [5, 5.41) is 15.4. The quantitative estimate of drug-likeness (QED) is 0.250. The SMILES string of the molecule is COc1ccc([C@@H]2CCN(C(=O)C3CCC(C(CF)NC(=O)OC(C)(C)C)CC3)[C@@H]2C(=O)Nc2ccc3oc(C(=O)O)cc3c2)cc1. The molecule has 0 radical (unpaired) electrons. The van der Waals surface area contributed by atoms with Crippen LogP contribution in [0.25, 0.3) is 11.0 Å². The molecule has 3 amide bonds. The van der Waals surface area contributed by atoms with E-state index in [9.17, 15) is 28.7 Å². The second-order valence-electron chi connectivity index (χ2n) is 13.3. The van der Waals surface area contributed by atoms with Gasteiger partial charge in [0, 0.05) is 29.5 Å². The highest BCUT2D eigenvalue weighted by atomic mass is 19.1. The molecule has 11 nitrogen and oxygen atoms in total. The van der Waals surface area contributed by atoms with E-state index in [-0.39, 0.29) is 35.3 Å². The normalized spacial score (nSPS) is 22.0. The molecule has 1 aliphatic carbocycles. The summed E-state index contributed by atoms with van der Waals surface area (Å²) in [5.41, 5.74) is 1.03. The van der Waals surface area contributed by atoms with Gasteiger partial charge in [0.15, 0.2) is 0 Å². The molecule has 252 valence electrons. The van der Waals surface area contributed by atoms with E-state index < -0.39 is 36.4 Å². The van der Waals surface area contributed by atoms with Crippen molar-refractivity contribution in [3.05, 3.63) is 59.9 Å². The number of fused-ring (bicyclic) bond motifs is 1. The minimum absolute atomic E-state index is 0.118. The topological polar surface area (TPSA) is 147 Å². The average molecular weight is 652 g/mol. The van der Waals surface area contributed by atoms with E-state index in [2.05, 4.69) is 10.6 Å². The van der Waals surface area contributed by atoms with Crippen LogP contribution in [0.1, 0.15) is 74.9 Å². The molecular formula is C35H42FN3O8. The Hall–Kier alpha value is -4.61. The van der Waals surface area contributed by atoms with Crippen molar-refractivity contribution in [3.8, 4) is 5.75 Å². The number of rotatable bonds is 9. The Kier molecular flexibility index (Phi) is 10.1. The Morgan fingerprint density at radius 1 is 1.02 bits per heavy atom. The molecule has 3 aromatic rings. The molecule has 2 heterocycles. The van der Waals surface area contributed by atoms with Crippen molar-refractivity contribution in [1.29, 1.82) is 0 Å². The number of amides is 3. The molecule has 1 saturated carbocycles. The number of halogens is 1. The third-order valence-electron chi connectivity index (χ3n) is 9.05. The summed E-state index contributed by atoms with van der Waals surface area (Å²) in [5.74, 6) is -1.94. The number of carbonyl (C=O) groups excluding carboxylic acids is 3. The lowest BCUT2D eigenvalue weighted by Gasteiger charge is -2.36. The summed E-state index contributed by atoms with van der Waals surface area (Å²) in [4.78, 5) is 53.4. The first-order valence-corrected chi connectivity index (χ1v) is 15.9. The Balaban J connectivity index is 1.31. The molecule has 2 aliphatic rings. The van der Waals surface area contributed by atoms with Gasteiger partial charge in [0.1, 0.15) is 29.7 Å². The van der Waals surface area contributed by atoms with Crippen LogP contribution in [-0.4, -0.2) is 71.9 Å². The number of anilines is 1. The van der Waals surface area contributed by atoms with E-state index in [1.165, 1.54) is 6.07 Å². The molecule has 1 unspecified atom stereocenters. The molecule has 47 heavy (non-hydrogen) atoms. The minimum Gasteiger partial charge on any atom is -0.497 e. The van der Waals surface area contributed by atoms with Gasteiger partial charge in [0.05, 0.1) is 13.2 Å². The number of alkyl halides is 1. The third kappa shape index (κ3) is 7.86. The second-order valence-corrected chi connectivity index (χ2v) is 13.3. The molecule has 5 rings (SSSR count). The van der Waals surface area contributed by atoms with Crippen molar-refractivity contribution >= 4 is 40.5 Å². The first-order chi connectivity index (χ1) is 22.4. The van der Waals surface area contributed by atoms with Gasteiger partial charge in [0.2, 0.25) is 17.6 Å². The first kappa shape index (κ1) is 33.7. The van der Waals surface area contributed by atoms with Gasteiger partial charge in [0.25, 0.3) is 0 Å². The Labute approximate surface area is 272 Å². The smallest absolute Gasteiger partial charge is 0.407 e. The van der Waals surface area contributed by atoms with Gasteiger partial charge in [-0.2, -0.15) is 0 Å².